The van der Waals surface area contributed by atoms with E-state index in [1.165, 1.54) is 76.2 Å². The van der Waals surface area contributed by atoms with Crippen molar-refractivity contribution in [2.45, 2.75) is 89.1 Å². The van der Waals surface area contributed by atoms with Gasteiger partial charge in [0.25, 0.3) is 0 Å². The summed E-state index contributed by atoms with van der Waals surface area (Å²) in [7, 11) is 0. The molecule has 0 spiro atoms. The van der Waals surface area contributed by atoms with Crippen LogP contribution in [-0.4, -0.2) is 12.1 Å². The standard InChI is InChI=1S/C20H35N3/c21-18-6-1-14(2-7-18)11-16-5-10-20(23)17(13-16)12-15-3-8-19(22)9-4-15/h13-15,18-19H,1-12,21-23H2. The van der Waals surface area contributed by atoms with Crippen LogP contribution in [0.4, 0.5) is 0 Å². The van der Waals surface area contributed by atoms with Crippen molar-refractivity contribution < 1.29 is 0 Å². The summed E-state index contributed by atoms with van der Waals surface area (Å²) < 4.78 is 0. The minimum atomic E-state index is 0.438. The summed E-state index contributed by atoms with van der Waals surface area (Å²) in [6, 6.07) is 0.892. The molecule has 0 unspecified atom stereocenters. The number of nitrogens with two attached hydrogens (primary N) is 3. The van der Waals surface area contributed by atoms with Gasteiger partial charge in [-0.3, -0.25) is 0 Å². The van der Waals surface area contributed by atoms with Gasteiger partial charge in [0.1, 0.15) is 0 Å². The first-order valence-electron chi connectivity index (χ1n) is 9.78. The Morgan fingerprint density at radius 2 is 1.26 bits per heavy atom. The predicted molar refractivity (Wildman–Crippen MR) is 97.6 cm³/mol. The van der Waals surface area contributed by atoms with Crippen molar-refractivity contribution in [1.82, 2.24) is 0 Å². The zero-order valence-corrected chi connectivity index (χ0v) is 14.6. The lowest BCUT2D eigenvalue weighted by molar-refractivity contribution is 0.319. The quantitative estimate of drug-likeness (QED) is 0.739. The molecule has 3 nitrogen and oxygen atoms in total. The molecule has 6 N–H and O–H groups in total. The molecule has 0 aromatic heterocycles. The van der Waals surface area contributed by atoms with Gasteiger partial charge in [-0.05, 0) is 94.5 Å². The van der Waals surface area contributed by atoms with Crippen LogP contribution in [0.1, 0.15) is 77.0 Å². The van der Waals surface area contributed by atoms with E-state index in [1.807, 2.05) is 0 Å². The minimum absolute atomic E-state index is 0.438. The molecule has 0 heterocycles. The van der Waals surface area contributed by atoms with Crippen LogP contribution in [0.15, 0.2) is 22.9 Å². The van der Waals surface area contributed by atoms with Crippen LogP contribution in [0, 0.1) is 11.8 Å². The highest BCUT2D eigenvalue weighted by atomic mass is 14.6. The summed E-state index contributed by atoms with van der Waals surface area (Å²) in [5.41, 5.74) is 22.6. The molecule has 0 radical (unpaired) electrons. The van der Waals surface area contributed by atoms with Gasteiger partial charge in [-0.15, -0.1) is 0 Å². The summed E-state index contributed by atoms with van der Waals surface area (Å²) in [5.74, 6) is 1.65. The fourth-order valence-electron chi connectivity index (χ4n) is 4.68. The lowest BCUT2D eigenvalue weighted by atomic mass is 9.78. The van der Waals surface area contributed by atoms with Crippen molar-refractivity contribution in [3.05, 3.63) is 22.9 Å². The lowest BCUT2D eigenvalue weighted by Crippen LogP contribution is -2.27. The molecule has 2 saturated carbocycles. The maximum atomic E-state index is 6.33. The molecular formula is C20H35N3. The van der Waals surface area contributed by atoms with Crippen LogP contribution in [-0.2, 0) is 0 Å². The topological polar surface area (TPSA) is 78.1 Å². The Balaban J connectivity index is 1.55. The molecular weight excluding hydrogens is 282 g/mol. The first-order valence-corrected chi connectivity index (χ1v) is 9.78. The number of hydrogen-bond donors (Lipinski definition) is 3. The van der Waals surface area contributed by atoms with E-state index in [9.17, 15) is 0 Å². The van der Waals surface area contributed by atoms with E-state index in [0.717, 1.165) is 24.0 Å². The smallest absolute Gasteiger partial charge is 0.0116 e. The van der Waals surface area contributed by atoms with E-state index < -0.39 is 0 Å². The van der Waals surface area contributed by atoms with Gasteiger partial charge >= 0.3 is 0 Å². The second-order valence-corrected chi connectivity index (χ2v) is 8.32. The molecule has 0 aliphatic heterocycles. The molecule has 0 atom stereocenters. The Hall–Kier alpha value is -0.800. The fourth-order valence-corrected chi connectivity index (χ4v) is 4.68. The van der Waals surface area contributed by atoms with Crippen molar-refractivity contribution in [3.8, 4) is 0 Å². The zero-order valence-electron chi connectivity index (χ0n) is 14.6. The van der Waals surface area contributed by atoms with Crippen LogP contribution >= 0.6 is 0 Å². The highest BCUT2D eigenvalue weighted by Crippen LogP contribution is 2.36. The van der Waals surface area contributed by atoms with Crippen LogP contribution in [0.3, 0.4) is 0 Å². The fraction of sp³-hybridized carbons (Fsp3) is 0.800. The van der Waals surface area contributed by atoms with E-state index in [2.05, 4.69) is 6.08 Å². The van der Waals surface area contributed by atoms with Gasteiger partial charge in [-0.2, -0.15) is 0 Å². The van der Waals surface area contributed by atoms with Crippen LogP contribution < -0.4 is 17.2 Å². The zero-order chi connectivity index (χ0) is 16.2. The van der Waals surface area contributed by atoms with Crippen LogP contribution in [0.25, 0.3) is 0 Å². The Labute approximate surface area is 141 Å². The largest absolute Gasteiger partial charge is 0.402 e. The summed E-state index contributed by atoms with van der Waals surface area (Å²) in [6.45, 7) is 0. The first kappa shape index (κ1) is 17.0. The van der Waals surface area contributed by atoms with E-state index in [1.54, 1.807) is 5.57 Å². The number of hydrogen-bond acceptors (Lipinski definition) is 3. The maximum Gasteiger partial charge on any atom is 0.0116 e. The van der Waals surface area contributed by atoms with Gasteiger partial charge in [0.15, 0.2) is 0 Å². The van der Waals surface area contributed by atoms with Gasteiger partial charge in [0.2, 0.25) is 0 Å². The Morgan fingerprint density at radius 1 is 0.739 bits per heavy atom. The summed E-state index contributed by atoms with van der Waals surface area (Å²) in [6.07, 6.45) is 17.2. The predicted octanol–water partition coefficient (Wildman–Crippen LogP) is 3.73. The third-order valence-corrected chi connectivity index (χ3v) is 6.35. The van der Waals surface area contributed by atoms with Gasteiger partial charge < -0.3 is 17.2 Å². The second-order valence-electron chi connectivity index (χ2n) is 8.32. The van der Waals surface area contributed by atoms with Crippen molar-refractivity contribution in [3.63, 3.8) is 0 Å². The van der Waals surface area contributed by atoms with Gasteiger partial charge in [-0.25, -0.2) is 0 Å². The molecule has 0 aromatic carbocycles. The molecule has 0 bridgehead atoms. The molecule has 3 aliphatic carbocycles. The molecule has 3 aliphatic rings. The van der Waals surface area contributed by atoms with E-state index in [4.69, 9.17) is 17.2 Å². The summed E-state index contributed by atoms with van der Waals surface area (Å²) >= 11 is 0. The molecule has 130 valence electrons. The van der Waals surface area contributed by atoms with Crippen molar-refractivity contribution in [2.24, 2.45) is 29.0 Å². The molecule has 2 fully saturated rings. The Kier molecular flexibility index (Phi) is 5.81. The van der Waals surface area contributed by atoms with Gasteiger partial charge in [0.05, 0.1) is 0 Å². The summed E-state index contributed by atoms with van der Waals surface area (Å²) in [5, 5.41) is 0. The van der Waals surface area contributed by atoms with Crippen molar-refractivity contribution in [1.29, 1.82) is 0 Å². The van der Waals surface area contributed by atoms with E-state index in [0.29, 0.717) is 12.1 Å². The highest BCUT2D eigenvalue weighted by Gasteiger charge is 2.23. The van der Waals surface area contributed by atoms with Crippen molar-refractivity contribution in [2.75, 3.05) is 0 Å². The molecule has 23 heavy (non-hydrogen) atoms. The van der Waals surface area contributed by atoms with Crippen LogP contribution in [0.5, 0.6) is 0 Å². The highest BCUT2D eigenvalue weighted by molar-refractivity contribution is 5.33. The number of rotatable bonds is 4. The third kappa shape index (κ3) is 4.84. The van der Waals surface area contributed by atoms with Gasteiger partial charge in [0, 0.05) is 17.8 Å². The minimum Gasteiger partial charge on any atom is -0.402 e. The first-order chi connectivity index (χ1) is 11.1. The number of allylic oxidation sites excluding steroid dienone is 4. The van der Waals surface area contributed by atoms with Crippen LogP contribution in [0.2, 0.25) is 0 Å². The molecule has 3 heteroatoms. The normalized spacial score (nSPS) is 36.0. The van der Waals surface area contributed by atoms with Crippen molar-refractivity contribution >= 4 is 0 Å². The van der Waals surface area contributed by atoms with E-state index in [-0.39, 0.29) is 0 Å². The maximum absolute atomic E-state index is 6.33. The Bertz CT molecular complexity index is 450. The molecule has 0 aromatic rings. The molecule has 0 saturated heterocycles. The second kappa shape index (κ2) is 7.85. The van der Waals surface area contributed by atoms with Gasteiger partial charge in [-0.1, -0.05) is 11.6 Å². The average molecular weight is 318 g/mol. The molecule has 0 amide bonds. The van der Waals surface area contributed by atoms with E-state index >= 15 is 0 Å². The monoisotopic (exact) mass is 317 g/mol. The third-order valence-electron chi connectivity index (χ3n) is 6.35. The average Bonchev–Trinajstić information content (AvgIpc) is 2.55. The Morgan fingerprint density at radius 3 is 1.83 bits per heavy atom. The lowest BCUT2D eigenvalue weighted by Gasteiger charge is -2.30. The molecule has 3 rings (SSSR count). The SMILES string of the molecule is NC1=C(CC2CCC(N)CC2)C=C(CC2CCC(N)CC2)CC1. The summed E-state index contributed by atoms with van der Waals surface area (Å²) in [4.78, 5) is 0.